The first-order valence-electron chi connectivity index (χ1n) is 11.4. The lowest BCUT2D eigenvalue weighted by atomic mass is 10.1. The maximum atomic E-state index is 6.23. The van der Waals surface area contributed by atoms with Crippen molar-refractivity contribution in [1.82, 2.24) is 0 Å². The number of aryl methyl sites for hydroxylation is 1. The molecule has 0 aliphatic carbocycles. The predicted octanol–water partition coefficient (Wildman–Crippen LogP) is 6.96. The number of ether oxygens (including phenoxy) is 4. The van der Waals surface area contributed by atoms with Crippen LogP contribution < -0.4 is 18.9 Å². The van der Waals surface area contributed by atoms with Gasteiger partial charge in [0.15, 0.2) is 11.5 Å². The normalized spacial score (nSPS) is 10.8. The average molecular weight is 395 g/mol. The van der Waals surface area contributed by atoms with Crippen LogP contribution in [0.3, 0.4) is 0 Å². The van der Waals surface area contributed by atoms with Crippen LogP contribution in [0.25, 0.3) is 0 Å². The molecule has 1 rings (SSSR count). The first kappa shape index (κ1) is 24.5. The second-order valence-electron chi connectivity index (χ2n) is 7.18. The monoisotopic (exact) mass is 394 g/mol. The molecule has 0 bridgehead atoms. The summed E-state index contributed by atoms with van der Waals surface area (Å²) in [6, 6.07) is 2.09. The van der Waals surface area contributed by atoms with Crippen LogP contribution in [0, 0.1) is 0 Å². The number of benzene rings is 1. The van der Waals surface area contributed by atoms with Gasteiger partial charge in [0.1, 0.15) is 0 Å². The lowest BCUT2D eigenvalue weighted by Crippen LogP contribution is -2.10. The first-order valence-corrected chi connectivity index (χ1v) is 11.4. The summed E-state index contributed by atoms with van der Waals surface area (Å²) in [5, 5.41) is 0. The Labute approximate surface area is 172 Å². The molecule has 0 saturated heterocycles. The van der Waals surface area contributed by atoms with Crippen LogP contribution in [0.2, 0.25) is 0 Å². The quantitative estimate of drug-likeness (QED) is 0.267. The Morgan fingerprint density at radius 1 is 0.536 bits per heavy atom. The van der Waals surface area contributed by atoms with E-state index in [9.17, 15) is 0 Å². The van der Waals surface area contributed by atoms with E-state index in [1.807, 2.05) is 0 Å². The van der Waals surface area contributed by atoms with Crippen molar-refractivity contribution in [1.29, 1.82) is 0 Å². The third-order valence-corrected chi connectivity index (χ3v) is 4.60. The fourth-order valence-corrected chi connectivity index (χ4v) is 2.73. The molecule has 0 unspecified atom stereocenters. The third-order valence-electron chi connectivity index (χ3n) is 4.60. The molecule has 0 heterocycles. The highest BCUT2D eigenvalue weighted by molar-refractivity contribution is 5.63. The van der Waals surface area contributed by atoms with Crippen molar-refractivity contribution in [2.75, 3.05) is 26.4 Å². The summed E-state index contributed by atoms with van der Waals surface area (Å²) in [5.74, 6) is 3.06. The molecular weight excluding hydrogens is 352 g/mol. The second-order valence-corrected chi connectivity index (χ2v) is 7.18. The Morgan fingerprint density at radius 2 is 0.964 bits per heavy atom. The van der Waals surface area contributed by atoms with Crippen molar-refractivity contribution in [2.45, 2.75) is 92.4 Å². The smallest absolute Gasteiger partial charge is 0.207 e. The van der Waals surface area contributed by atoms with Gasteiger partial charge in [0.25, 0.3) is 0 Å². The summed E-state index contributed by atoms with van der Waals surface area (Å²) < 4.78 is 24.7. The highest BCUT2D eigenvalue weighted by Crippen LogP contribution is 2.47. The van der Waals surface area contributed by atoms with Gasteiger partial charge < -0.3 is 18.9 Å². The SMILES string of the molecule is CCCCOc1cc(CC)c(OCCCC)c(OCCCC)c1OCCCC. The molecule has 0 fully saturated rings. The molecule has 1 aromatic carbocycles. The molecular formula is C24H42O4. The maximum Gasteiger partial charge on any atom is 0.207 e. The van der Waals surface area contributed by atoms with Crippen molar-refractivity contribution in [3.05, 3.63) is 11.6 Å². The third kappa shape index (κ3) is 8.20. The minimum Gasteiger partial charge on any atom is -0.490 e. The van der Waals surface area contributed by atoms with Gasteiger partial charge in [-0.15, -0.1) is 0 Å². The molecule has 1 aromatic rings. The van der Waals surface area contributed by atoms with Crippen molar-refractivity contribution in [3.63, 3.8) is 0 Å². The number of hydrogen-bond acceptors (Lipinski definition) is 4. The summed E-state index contributed by atoms with van der Waals surface area (Å²) in [6.07, 6.45) is 9.31. The molecule has 162 valence electrons. The van der Waals surface area contributed by atoms with Gasteiger partial charge >= 0.3 is 0 Å². The Morgan fingerprint density at radius 3 is 1.43 bits per heavy atom. The zero-order chi connectivity index (χ0) is 20.6. The molecule has 0 radical (unpaired) electrons. The molecule has 0 saturated carbocycles. The van der Waals surface area contributed by atoms with Gasteiger partial charge in [-0.1, -0.05) is 60.3 Å². The van der Waals surface area contributed by atoms with Gasteiger partial charge in [-0.2, -0.15) is 0 Å². The summed E-state index contributed by atoms with van der Waals surface area (Å²) >= 11 is 0. The Balaban J connectivity index is 3.29. The highest BCUT2D eigenvalue weighted by Gasteiger charge is 2.23. The number of hydrogen-bond donors (Lipinski definition) is 0. The largest absolute Gasteiger partial charge is 0.490 e. The molecule has 0 aliphatic heterocycles. The minimum absolute atomic E-state index is 0.657. The average Bonchev–Trinajstić information content (AvgIpc) is 2.70. The van der Waals surface area contributed by atoms with Crippen molar-refractivity contribution < 1.29 is 18.9 Å². The Bertz CT molecular complexity index is 528. The van der Waals surface area contributed by atoms with Gasteiger partial charge in [0.2, 0.25) is 11.5 Å². The summed E-state index contributed by atoms with van der Waals surface area (Å²) in [6.45, 7) is 13.5. The fraction of sp³-hybridized carbons (Fsp3) is 0.750. The van der Waals surface area contributed by atoms with Gasteiger partial charge in [0.05, 0.1) is 26.4 Å². The van der Waals surface area contributed by atoms with E-state index >= 15 is 0 Å². The van der Waals surface area contributed by atoms with Gasteiger partial charge in [-0.25, -0.2) is 0 Å². The van der Waals surface area contributed by atoms with Crippen molar-refractivity contribution in [2.24, 2.45) is 0 Å². The highest BCUT2D eigenvalue weighted by atomic mass is 16.6. The maximum absolute atomic E-state index is 6.23. The summed E-state index contributed by atoms with van der Waals surface area (Å²) in [5.41, 5.74) is 1.12. The van der Waals surface area contributed by atoms with E-state index in [0.717, 1.165) is 80.6 Å². The van der Waals surface area contributed by atoms with E-state index in [1.54, 1.807) is 0 Å². The van der Waals surface area contributed by atoms with E-state index in [4.69, 9.17) is 18.9 Å². The molecule has 4 heteroatoms. The van der Waals surface area contributed by atoms with Crippen LogP contribution in [-0.4, -0.2) is 26.4 Å². The lowest BCUT2D eigenvalue weighted by molar-refractivity contribution is 0.220. The standard InChI is InChI=1S/C24H42O4/c1-6-11-15-25-21-19-20(10-5)22(26-16-12-7-2)24(28-18-14-9-4)23(21)27-17-13-8-3/h19H,6-18H2,1-5H3. The first-order chi connectivity index (χ1) is 13.7. The topological polar surface area (TPSA) is 36.9 Å². The second kappa shape index (κ2) is 15.4. The number of unbranched alkanes of at least 4 members (excludes halogenated alkanes) is 4. The zero-order valence-corrected chi connectivity index (χ0v) is 18.9. The van der Waals surface area contributed by atoms with Gasteiger partial charge in [-0.05, 0) is 38.2 Å². The zero-order valence-electron chi connectivity index (χ0n) is 18.9. The fourth-order valence-electron chi connectivity index (χ4n) is 2.73. The van der Waals surface area contributed by atoms with Crippen LogP contribution in [0.4, 0.5) is 0 Å². The van der Waals surface area contributed by atoms with Crippen LogP contribution in [0.15, 0.2) is 6.07 Å². The minimum atomic E-state index is 0.657. The van der Waals surface area contributed by atoms with E-state index in [1.165, 1.54) is 0 Å². The molecule has 0 amide bonds. The van der Waals surface area contributed by atoms with Crippen LogP contribution >= 0.6 is 0 Å². The van der Waals surface area contributed by atoms with Crippen LogP contribution in [-0.2, 0) is 6.42 Å². The van der Waals surface area contributed by atoms with Gasteiger partial charge in [-0.3, -0.25) is 0 Å². The Kier molecular flexibility index (Phi) is 13.4. The summed E-state index contributed by atoms with van der Waals surface area (Å²) in [7, 11) is 0. The molecule has 0 atom stereocenters. The van der Waals surface area contributed by atoms with E-state index < -0.39 is 0 Å². The lowest BCUT2D eigenvalue weighted by Gasteiger charge is -2.22. The molecule has 4 nitrogen and oxygen atoms in total. The van der Waals surface area contributed by atoms with Crippen LogP contribution in [0.5, 0.6) is 23.0 Å². The molecule has 0 N–H and O–H groups in total. The molecule has 0 aliphatic rings. The molecule has 0 spiro atoms. The van der Waals surface area contributed by atoms with E-state index in [2.05, 4.69) is 40.7 Å². The van der Waals surface area contributed by atoms with E-state index in [0.29, 0.717) is 32.2 Å². The van der Waals surface area contributed by atoms with Crippen molar-refractivity contribution in [3.8, 4) is 23.0 Å². The molecule has 28 heavy (non-hydrogen) atoms. The van der Waals surface area contributed by atoms with Crippen molar-refractivity contribution >= 4 is 0 Å². The predicted molar refractivity (Wildman–Crippen MR) is 117 cm³/mol. The number of rotatable bonds is 17. The van der Waals surface area contributed by atoms with Crippen LogP contribution in [0.1, 0.15) is 91.5 Å². The van der Waals surface area contributed by atoms with Gasteiger partial charge in [0, 0.05) is 5.56 Å². The Hall–Kier alpha value is -1.58. The van der Waals surface area contributed by atoms with E-state index in [-0.39, 0.29) is 0 Å². The molecule has 0 aromatic heterocycles. The summed E-state index contributed by atoms with van der Waals surface area (Å²) in [4.78, 5) is 0.